The summed E-state index contributed by atoms with van der Waals surface area (Å²) in [6, 6.07) is 7.55. The van der Waals surface area contributed by atoms with Crippen molar-refractivity contribution in [2.45, 2.75) is 19.6 Å². The molecule has 0 amide bonds. The Morgan fingerprint density at radius 1 is 1.33 bits per heavy atom. The molecule has 2 heteroatoms. The molecule has 1 unspecified atom stereocenters. The minimum atomic E-state index is -0.867. The van der Waals surface area contributed by atoms with Gasteiger partial charge in [0.25, 0.3) is 0 Å². The van der Waals surface area contributed by atoms with Gasteiger partial charge in [0.15, 0.2) is 0 Å². The van der Waals surface area contributed by atoms with Crippen LogP contribution in [0.15, 0.2) is 24.3 Å². The molecule has 1 aromatic rings. The second kappa shape index (κ2) is 4.21. The van der Waals surface area contributed by atoms with Crippen LogP contribution in [0.2, 0.25) is 0 Å². The maximum Gasteiger partial charge on any atom is 0.122 e. The Morgan fingerprint density at radius 3 is 2.33 bits per heavy atom. The van der Waals surface area contributed by atoms with E-state index in [1.165, 1.54) is 5.56 Å². The van der Waals surface area contributed by atoms with E-state index in [0.717, 1.165) is 12.1 Å². The molecule has 0 saturated heterocycles. The maximum absolute atomic E-state index is 12.7. The molecular weight excluding hydrogens is 153 g/mol. The molecule has 0 aromatic heterocycles. The topological polar surface area (TPSA) is 12.0 Å². The number of rotatable bonds is 3. The third-order valence-electron chi connectivity index (χ3n) is 1.82. The van der Waals surface area contributed by atoms with Gasteiger partial charge < -0.3 is 5.32 Å². The van der Waals surface area contributed by atoms with Gasteiger partial charge in [0, 0.05) is 6.54 Å². The largest absolute Gasteiger partial charge is 0.316 e. The van der Waals surface area contributed by atoms with E-state index in [1.807, 2.05) is 31.3 Å². The molecule has 12 heavy (non-hydrogen) atoms. The van der Waals surface area contributed by atoms with Crippen LogP contribution in [-0.2, 0) is 6.54 Å². The van der Waals surface area contributed by atoms with Crippen LogP contribution >= 0.6 is 0 Å². The molecule has 0 bridgehead atoms. The minimum absolute atomic E-state index is 0.745. The van der Waals surface area contributed by atoms with Crippen molar-refractivity contribution in [2.75, 3.05) is 7.05 Å². The second-order valence-corrected chi connectivity index (χ2v) is 2.89. The molecule has 0 aliphatic heterocycles. The zero-order valence-electron chi connectivity index (χ0n) is 7.47. The number of hydrogen-bond donors (Lipinski definition) is 1. The molecule has 0 aliphatic carbocycles. The molecule has 1 nitrogen and oxygen atoms in total. The summed E-state index contributed by atoms with van der Waals surface area (Å²) in [4.78, 5) is 0. The molecule has 0 heterocycles. The first-order chi connectivity index (χ1) is 5.74. The SMILES string of the molecule is CNCc1ccc(C(C)F)cc1. The molecule has 0 fully saturated rings. The van der Waals surface area contributed by atoms with Crippen LogP contribution in [0.1, 0.15) is 24.2 Å². The highest BCUT2D eigenvalue weighted by Gasteiger charge is 2.00. The lowest BCUT2D eigenvalue weighted by molar-refractivity contribution is 0.374. The lowest BCUT2D eigenvalue weighted by atomic mass is 10.1. The second-order valence-electron chi connectivity index (χ2n) is 2.89. The van der Waals surface area contributed by atoms with Gasteiger partial charge in [0.2, 0.25) is 0 Å². The number of halogens is 1. The smallest absolute Gasteiger partial charge is 0.122 e. The van der Waals surface area contributed by atoms with E-state index in [9.17, 15) is 4.39 Å². The van der Waals surface area contributed by atoms with E-state index in [-0.39, 0.29) is 0 Å². The van der Waals surface area contributed by atoms with E-state index < -0.39 is 6.17 Å². The number of nitrogens with one attached hydrogen (secondary N) is 1. The van der Waals surface area contributed by atoms with E-state index in [0.29, 0.717) is 0 Å². The fraction of sp³-hybridized carbons (Fsp3) is 0.400. The average Bonchev–Trinajstić information content (AvgIpc) is 2.06. The van der Waals surface area contributed by atoms with E-state index in [2.05, 4.69) is 5.32 Å². The van der Waals surface area contributed by atoms with Crippen molar-refractivity contribution in [3.8, 4) is 0 Å². The van der Waals surface area contributed by atoms with Crippen LogP contribution in [0.4, 0.5) is 4.39 Å². The average molecular weight is 167 g/mol. The minimum Gasteiger partial charge on any atom is -0.316 e. The summed E-state index contributed by atoms with van der Waals surface area (Å²) >= 11 is 0. The van der Waals surface area contributed by atoms with Crippen molar-refractivity contribution in [1.29, 1.82) is 0 Å². The number of alkyl halides is 1. The van der Waals surface area contributed by atoms with Crippen LogP contribution in [0, 0.1) is 0 Å². The first-order valence-electron chi connectivity index (χ1n) is 4.11. The van der Waals surface area contributed by atoms with Crippen molar-refractivity contribution < 1.29 is 4.39 Å². The fourth-order valence-corrected chi connectivity index (χ4v) is 1.10. The Morgan fingerprint density at radius 2 is 1.92 bits per heavy atom. The van der Waals surface area contributed by atoms with E-state index >= 15 is 0 Å². The van der Waals surface area contributed by atoms with Crippen molar-refractivity contribution in [1.82, 2.24) is 5.32 Å². The van der Waals surface area contributed by atoms with Gasteiger partial charge in [0.1, 0.15) is 6.17 Å². The first-order valence-corrected chi connectivity index (χ1v) is 4.11. The van der Waals surface area contributed by atoms with Gasteiger partial charge in [-0.15, -0.1) is 0 Å². The summed E-state index contributed by atoms with van der Waals surface area (Å²) in [7, 11) is 1.89. The predicted molar refractivity (Wildman–Crippen MR) is 48.7 cm³/mol. The summed E-state index contributed by atoms with van der Waals surface area (Å²) in [5.41, 5.74) is 1.93. The third-order valence-corrected chi connectivity index (χ3v) is 1.82. The number of benzene rings is 1. The zero-order valence-corrected chi connectivity index (χ0v) is 7.47. The van der Waals surface area contributed by atoms with Crippen LogP contribution in [0.25, 0.3) is 0 Å². The third kappa shape index (κ3) is 2.31. The summed E-state index contributed by atoms with van der Waals surface area (Å²) in [5.74, 6) is 0. The molecule has 1 rings (SSSR count). The summed E-state index contributed by atoms with van der Waals surface area (Å²) in [6.45, 7) is 2.38. The van der Waals surface area contributed by atoms with Gasteiger partial charge in [-0.3, -0.25) is 0 Å². The van der Waals surface area contributed by atoms with E-state index in [4.69, 9.17) is 0 Å². The molecule has 0 radical (unpaired) electrons. The Labute approximate surface area is 72.6 Å². The maximum atomic E-state index is 12.7. The van der Waals surface area contributed by atoms with Crippen molar-refractivity contribution in [3.63, 3.8) is 0 Å². The van der Waals surface area contributed by atoms with E-state index in [1.54, 1.807) is 6.92 Å². The Balaban J connectivity index is 2.71. The summed E-state index contributed by atoms with van der Waals surface area (Å²) < 4.78 is 12.7. The van der Waals surface area contributed by atoms with Gasteiger partial charge >= 0.3 is 0 Å². The summed E-state index contributed by atoms with van der Waals surface area (Å²) in [5, 5.41) is 3.04. The van der Waals surface area contributed by atoms with Gasteiger partial charge in [0.05, 0.1) is 0 Å². The quantitative estimate of drug-likeness (QED) is 0.729. The van der Waals surface area contributed by atoms with Crippen molar-refractivity contribution >= 4 is 0 Å². The molecule has 0 aliphatic rings. The number of hydrogen-bond acceptors (Lipinski definition) is 1. The molecule has 66 valence electrons. The highest BCUT2D eigenvalue weighted by atomic mass is 19.1. The Bertz CT molecular complexity index is 228. The zero-order chi connectivity index (χ0) is 8.97. The standard InChI is InChI=1S/C10H14FN/c1-8(11)10-5-3-9(4-6-10)7-12-2/h3-6,8,12H,7H2,1-2H3. The lowest BCUT2D eigenvalue weighted by Crippen LogP contribution is -2.04. The van der Waals surface area contributed by atoms with Crippen LogP contribution in [0.5, 0.6) is 0 Å². The predicted octanol–water partition coefficient (Wildman–Crippen LogP) is 2.44. The molecule has 1 aromatic carbocycles. The molecule has 0 spiro atoms. The van der Waals surface area contributed by atoms with Crippen LogP contribution in [0.3, 0.4) is 0 Å². The first kappa shape index (κ1) is 9.20. The highest BCUT2D eigenvalue weighted by molar-refractivity contribution is 5.23. The Hall–Kier alpha value is -0.890. The molecule has 1 atom stereocenters. The van der Waals surface area contributed by atoms with Crippen LogP contribution in [-0.4, -0.2) is 7.05 Å². The molecular formula is C10H14FN. The van der Waals surface area contributed by atoms with Gasteiger partial charge in [-0.25, -0.2) is 4.39 Å². The van der Waals surface area contributed by atoms with Crippen molar-refractivity contribution in [3.05, 3.63) is 35.4 Å². The van der Waals surface area contributed by atoms with Gasteiger partial charge in [-0.1, -0.05) is 24.3 Å². The lowest BCUT2D eigenvalue weighted by Gasteiger charge is -2.03. The fourth-order valence-electron chi connectivity index (χ4n) is 1.10. The van der Waals surface area contributed by atoms with Gasteiger partial charge in [-0.05, 0) is 25.1 Å². The normalized spacial score (nSPS) is 12.9. The van der Waals surface area contributed by atoms with Crippen LogP contribution < -0.4 is 5.32 Å². The summed E-state index contributed by atoms with van der Waals surface area (Å²) in [6.07, 6.45) is -0.867. The van der Waals surface area contributed by atoms with Crippen molar-refractivity contribution in [2.24, 2.45) is 0 Å². The van der Waals surface area contributed by atoms with Gasteiger partial charge in [-0.2, -0.15) is 0 Å². The molecule has 0 saturated carbocycles. The highest BCUT2D eigenvalue weighted by Crippen LogP contribution is 2.16. The Kier molecular flexibility index (Phi) is 3.23. The molecule has 1 N–H and O–H groups in total. The monoisotopic (exact) mass is 167 g/mol.